The number of likely N-dealkylation sites (N-methyl/N-ethyl adjacent to an activating group) is 1. The summed E-state index contributed by atoms with van der Waals surface area (Å²) in [6.45, 7) is 3.32. The van der Waals surface area contributed by atoms with Crippen LogP contribution in [0.5, 0.6) is 0 Å². The van der Waals surface area contributed by atoms with E-state index in [1.807, 2.05) is 6.92 Å². The number of carboxylic acid groups (broad SMARTS) is 1. The van der Waals surface area contributed by atoms with E-state index in [1.54, 1.807) is 0 Å². The molecular weight excluding hydrogens is 252 g/mol. The molecule has 0 saturated carbocycles. The quantitative estimate of drug-likeness (QED) is 0.784. The predicted octanol–water partition coefficient (Wildman–Crippen LogP) is 0.168. The van der Waals surface area contributed by atoms with Gasteiger partial charge in [0.1, 0.15) is 12.0 Å². The zero-order valence-electron chi connectivity index (χ0n) is 10.5. The second-order valence-electron chi connectivity index (χ2n) is 4.22. The van der Waals surface area contributed by atoms with Gasteiger partial charge in [0.25, 0.3) is 0 Å². The molecule has 2 amide bonds. The number of hydrogen-bond donors (Lipinski definition) is 1. The molecule has 1 aromatic rings. The molecule has 1 aliphatic heterocycles. The van der Waals surface area contributed by atoms with Crippen LogP contribution in [0.4, 0.5) is 0 Å². The van der Waals surface area contributed by atoms with Gasteiger partial charge < -0.3 is 19.3 Å². The van der Waals surface area contributed by atoms with Crippen LogP contribution in [0.2, 0.25) is 0 Å². The van der Waals surface area contributed by atoms with Crippen molar-refractivity contribution in [2.75, 3.05) is 19.6 Å². The van der Waals surface area contributed by atoms with Crippen molar-refractivity contribution in [1.82, 2.24) is 9.80 Å². The summed E-state index contributed by atoms with van der Waals surface area (Å²) in [5.41, 5.74) is 0.0287. The molecule has 0 unspecified atom stereocenters. The van der Waals surface area contributed by atoms with E-state index in [9.17, 15) is 14.4 Å². The number of carbonyl (C=O) groups excluding carboxylic acids is 2. The molecule has 19 heavy (non-hydrogen) atoms. The number of nitrogens with zero attached hydrogens (tertiary/aromatic N) is 2. The summed E-state index contributed by atoms with van der Waals surface area (Å²) in [7, 11) is 0. The van der Waals surface area contributed by atoms with Gasteiger partial charge in [-0.1, -0.05) is 0 Å². The van der Waals surface area contributed by atoms with E-state index in [-0.39, 0.29) is 12.1 Å². The lowest BCUT2D eigenvalue weighted by molar-refractivity contribution is -0.156. The lowest BCUT2D eigenvalue weighted by Gasteiger charge is -2.32. The SMILES string of the molecule is CCN1CCN(Cc2cc(C(=O)O)co2)C(=O)C1=O. The van der Waals surface area contributed by atoms with E-state index in [0.29, 0.717) is 25.4 Å². The van der Waals surface area contributed by atoms with E-state index in [1.165, 1.54) is 15.9 Å². The Bertz CT molecular complexity index is 522. The van der Waals surface area contributed by atoms with Gasteiger partial charge in [0, 0.05) is 19.6 Å². The van der Waals surface area contributed by atoms with Crippen molar-refractivity contribution in [3.05, 3.63) is 23.7 Å². The van der Waals surface area contributed by atoms with Crippen molar-refractivity contribution in [1.29, 1.82) is 0 Å². The lowest BCUT2D eigenvalue weighted by atomic mass is 10.2. The number of hydrogen-bond acceptors (Lipinski definition) is 4. The Morgan fingerprint density at radius 2 is 1.95 bits per heavy atom. The van der Waals surface area contributed by atoms with Crippen LogP contribution in [0.1, 0.15) is 23.0 Å². The summed E-state index contributed by atoms with van der Waals surface area (Å²) in [4.78, 5) is 37.0. The van der Waals surface area contributed by atoms with Gasteiger partial charge in [-0.05, 0) is 13.0 Å². The van der Waals surface area contributed by atoms with Crippen LogP contribution >= 0.6 is 0 Å². The summed E-state index contributed by atoms with van der Waals surface area (Å²) in [6.07, 6.45) is 1.12. The first kappa shape index (κ1) is 13.1. The van der Waals surface area contributed by atoms with Gasteiger partial charge in [-0.25, -0.2) is 4.79 Å². The van der Waals surface area contributed by atoms with Gasteiger partial charge in [-0.15, -0.1) is 0 Å². The summed E-state index contributed by atoms with van der Waals surface area (Å²) in [5, 5.41) is 8.76. The number of carboxylic acids is 1. The summed E-state index contributed by atoms with van der Waals surface area (Å²) < 4.78 is 5.07. The van der Waals surface area contributed by atoms with E-state index < -0.39 is 17.8 Å². The van der Waals surface area contributed by atoms with Crippen LogP contribution < -0.4 is 0 Å². The summed E-state index contributed by atoms with van der Waals surface area (Å²) >= 11 is 0. The average molecular weight is 266 g/mol. The molecule has 1 N–H and O–H groups in total. The van der Waals surface area contributed by atoms with Gasteiger partial charge in [-0.2, -0.15) is 0 Å². The summed E-state index contributed by atoms with van der Waals surface area (Å²) in [5.74, 6) is -1.85. The molecule has 7 nitrogen and oxygen atoms in total. The second-order valence-corrected chi connectivity index (χ2v) is 4.22. The molecule has 0 spiro atoms. The van der Waals surface area contributed by atoms with E-state index in [0.717, 1.165) is 6.26 Å². The van der Waals surface area contributed by atoms with Crippen LogP contribution in [0.15, 0.2) is 16.7 Å². The van der Waals surface area contributed by atoms with E-state index >= 15 is 0 Å². The molecule has 0 radical (unpaired) electrons. The molecule has 1 saturated heterocycles. The number of furan rings is 1. The smallest absolute Gasteiger partial charge is 0.338 e. The maximum absolute atomic E-state index is 11.8. The third-order valence-corrected chi connectivity index (χ3v) is 3.03. The topological polar surface area (TPSA) is 91.1 Å². The fourth-order valence-electron chi connectivity index (χ4n) is 1.93. The Morgan fingerprint density at radius 1 is 1.32 bits per heavy atom. The minimum atomic E-state index is -1.09. The number of carbonyl (C=O) groups is 3. The highest BCUT2D eigenvalue weighted by molar-refractivity contribution is 6.35. The standard InChI is InChI=1S/C12H14N2O5/c1-2-13-3-4-14(11(16)10(13)15)6-9-5-8(7-19-9)12(17)18/h5,7H,2-4,6H2,1H3,(H,17,18). The van der Waals surface area contributed by atoms with Crippen LogP contribution in [0.3, 0.4) is 0 Å². The van der Waals surface area contributed by atoms with Crippen molar-refractivity contribution >= 4 is 17.8 Å². The van der Waals surface area contributed by atoms with E-state index in [4.69, 9.17) is 9.52 Å². The first-order valence-corrected chi connectivity index (χ1v) is 5.91. The zero-order valence-corrected chi connectivity index (χ0v) is 10.5. The van der Waals surface area contributed by atoms with Gasteiger partial charge in [-0.3, -0.25) is 9.59 Å². The van der Waals surface area contributed by atoms with Crippen molar-refractivity contribution in [2.45, 2.75) is 13.5 Å². The first-order valence-electron chi connectivity index (χ1n) is 5.91. The molecule has 7 heteroatoms. The molecule has 0 aromatic carbocycles. The zero-order chi connectivity index (χ0) is 14.0. The van der Waals surface area contributed by atoms with Crippen LogP contribution in [0, 0.1) is 0 Å². The average Bonchev–Trinajstić information content (AvgIpc) is 2.84. The molecule has 2 rings (SSSR count). The third kappa shape index (κ3) is 2.59. The Hall–Kier alpha value is -2.31. The number of amides is 2. The molecule has 2 heterocycles. The van der Waals surface area contributed by atoms with Crippen molar-refractivity contribution < 1.29 is 23.9 Å². The van der Waals surface area contributed by atoms with E-state index in [2.05, 4.69) is 0 Å². The lowest BCUT2D eigenvalue weighted by Crippen LogP contribution is -2.53. The first-order chi connectivity index (χ1) is 9.02. The molecule has 1 aromatic heterocycles. The van der Waals surface area contributed by atoms with Gasteiger partial charge >= 0.3 is 17.8 Å². The number of aromatic carboxylic acids is 1. The molecule has 1 aliphatic rings. The fourth-order valence-corrected chi connectivity index (χ4v) is 1.93. The van der Waals surface area contributed by atoms with Crippen LogP contribution in [0.25, 0.3) is 0 Å². The maximum Gasteiger partial charge on any atom is 0.338 e. The highest BCUT2D eigenvalue weighted by Gasteiger charge is 2.32. The second kappa shape index (κ2) is 5.13. The Labute approximate surface area is 109 Å². The summed E-state index contributed by atoms with van der Waals surface area (Å²) in [6, 6.07) is 1.35. The monoisotopic (exact) mass is 266 g/mol. The predicted molar refractivity (Wildman–Crippen MR) is 63.3 cm³/mol. The molecule has 1 fully saturated rings. The molecule has 0 bridgehead atoms. The van der Waals surface area contributed by atoms with Crippen LogP contribution in [-0.2, 0) is 16.1 Å². The third-order valence-electron chi connectivity index (χ3n) is 3.03. The Morgan fingerprint density at radius 3 is 2.53 bits per heavy atom. The maximum atomic E-state index is 11.8. The Kier molecular flexibility index (Phi) is 3.55. The normalized spacial score (nSPS) is 16.1. The van der Waals surface area contributed by atoms with Crippen LogP contribution in [-0.4, -0.2) is 52.3 Å². The number of rotatable bonds is 4. The molecular formula is C12H14N2O5. The Balaban J connectivity index is 2.05. The minimum absolute atomic E-state index is 0.0287. The molecule has 0 aliphatic carbocycles. The van der Waals surface area contributed by atoms with Crippen molar-refractivity contribution in [3.8, 4) is 0 Å². The highest BCUT2D eigenvalue weighted by Crippen LogP contribution is 2.13. The highest BCUT2D eigenvalue weighted by atomic mass is 16.4. The fraction of sp³-hybridized carbons (Fsp3) is 0.417. The number of piperazine rings is 1. The van der Waals surface area contributed by atoms with Gasteiger partial charge in [0.05, 0.1) is 12.1 Å². The minimum Gasteiger partial charge on any atom is -0.478 e. The van der Waals surface area contributed by atoms with Gasteiger partial charge in [0.15, 0.2) is 0 Å². The molecule has 0 atom stereocenters. The van der Waals surface area contributed by atoms with Crippen molar-refractivity contribution in [3.63, 3.8) is 0 Å². The molecule has 102 valence electrons. The van der Waals surface area contributed by atoms with Crippen molar-refractivity contribution in [2.24, 2.45) is 0 Å². The van der Waals surface area contributed by atoms with Gasteiger partial charge in [0.2, 0.25) is 0 Å². The largest absolute Gasteiger partial charge is 0.478 e.